The third-order valence-electron chi connectivity index (χ3n) is 1.46. The van der Waals surface area contributed by atoms with Crippen LogP contribution in [0.3, 0.4) is 0 Å². The fraction of sp³-hybridized carbons (Fsp3) is 1.00. The Balaban J connectivity index is 3.83. The molecular formula is C7H17PS2. The highest BCUT2D eigenvalue weighted by Gasteiger charge is 2.11. The van der Waals surface area contributed by atoms with Gasteiger partial charge >= 0.3 is 0 Å². The maximum atomic E-state index is 5.58. The largest absolute Gasteiger partial charge is 0.127 e. The van der Waals surface area contributed by atoms with Crippen molar-refractivity contribution in [2.24, 2.45) is 0 Å². The standard InChI is InChI=1S/C7H17PS2/c1-4-6-8(9,10-3)7-5-2/h4-7H2,1-3H3. The van der Waals surface area contributed by atoms with Crippen LogP contribution >= 0.6 is 16.6 Å². The van der Waals surface area contributed by atoms with Gasteiger partial charge in [0.05, 0.1) is 0 Å². The van der Waals surface area contributed by atoms with Crippen LogP contribution in [0.2, 0.25) is 0 Å². The fourth-order valence-corrected chi connectivity index (χ4v) is 6.21. The minimum absolute atomic E-state index is 0.950. The first-order valence-corrected chi connectivity index (χ1v) is 8.82. The Hall–Kier alpha value is 1.00. The van der Waals surface area contributed by atoms with E-state index in [0.717, 1.165) is 0 Å². The lowest BCUT2D eigenvalue weighted by Crippen LogP contribution is -1.88. The van der Waals surface area contributed by atoms with Crippen molar-refractivity contribution in [1.82, 2.24) is 0 Å². The summed E-state index contributed by atoms with van der Waals surface area (Å²) in [7, 11) is 0. The maximum Gasteiger partial charge on any atom is 0.00623 e. The Labute approximate surface area is 73.9 Å². The zero-order chi connectivity index (χ0) is 8.04. The molecule has 0 aromatic heterocycles. The summed E-state index contributed by atoms with van der Waals surface area (Å²) in [5.74, 6) is 0. The molecule has 0 atom stereocenters. The quantitative estimate of drug-likeness (QED) is 0.617. The van der Waals surface area contributed by atoms with Gasteiger partial charge in [-0.25, -0.2) is 0 Å². The van der Waals surface area contributed by atoms with Crippen molar-refractivity contribution in [1.29, 1.82) is 0 Å². The van der Waals surface area contributed by atoms with Gasteiger partial charge in [0.25, 0.3) is 0 Å². The van der Waals surface area contributed by atoms with Crippen LogP contribution < -0.4 is 0 Å². The van der Waals surface area contributed by atoms with Crippen molar-refractivity contribution in [2.45, 2.75) is 26.7 Å². The molecule has 0 aliphatic carbocycles. The summed E-state index contributed by atoms with van der Waals surface area (Å²) in [6.07, 6.45) is 7.27. The first-order chi connectivity index (χ1) is 4.68. The molecule has 0 heterocycles. The minimum atomic E-state index is -0.950. The second-order valence-corrected chi connectivity index (χ2v) is 11.3. The second kappa shape index (κ2) is 5.62. The monoisotopic (exact) mass is 196 g/mol. The van der Waals surface area contributed by atoms with E-state index in [4.69, 9.17) is 11.8 Å². The van der Waals surface area contributed by atoms with Crippen molar-refractivity contribution in [3.8, 4) is 0 Å². The van der Waals surface area contributed by atoms with Gasteiger partial charge in [-0.3, -0.25) is 0 Å². The minimum Gasteiger partial charge on any atom is -0.127 e. The first-order valence-electron chi connectivity index (χ1n) is 3.82. The molecule has 0 aromatic carbocycles. The molecule has 0 N–H and O–H groups in total. The highest BCUT2D eigenvalue weighted by atomic mass is 32.9. The summed E-state index contributed by atoms with van der Waals surface area (Å²) >= 11 is 7.52. The summed E-state index contributed by atoms with van der Waals surface area (Å²) in [5, 5.41) is -0.950. The summed E-state index contributed by atoms with van der Waals surface area (Å²) in [4.78, 5) is 0. The van der Waals surface area contributed by atoms with E-state index >= 15 is 0 Å². The van der Waals surface area contributed by atoms with Crippen LogP contribution in [-0.4, -0.2) is 18.6 Å². The van der Waals surface area contributed by atoms with Crippen molar-refractivity contribution in [3.05, 3.63) is 0 Å². The highest BCUT2D eigenvalue weighted by molar-refractivity contribution is 8.70. The molecule has 0 aliphatic rings. The van der Waals surface area contributed by atoms with Crippen LogP contribution in [0.15, 0.2) is 0 Å². The molecule has 0 nitrogen and oxygen atoms in total. The fourth-order valence-electron chi connectivity index (χ4n) is 0.976. The third-order valence-corrected chi connectivity index (χ3v) is 9.91. The van der Waals surface area contributed by atoms with E-state index in [9.17, 15) is 0 Å². The predicted molar refractivity (Wildman–Crippen MR) is 58.1 cm³/mol. The summed E-state index contributed by atoms with van der Waals surface area (Å²) in [6, 6.07) is 0. The van der Waals surface area contributed by atoms with Crippen molar-refractivity contribution >= 4 is 28.4 Å². The van der Waals surface area contributed by atoms with Crippen LogP contribution in [0.25, 0.3) is 0 Å². The maximum absolute atomic E-state index is 5.58. The molecule has 0 amide bonds. The molecule has 0 rings (SSSR count). The SMILES string of the molecule is CCCP(=S)(CCC)SC. The van der Waals surface area contributed by atoms with Crippen LogP contribution in [0, 0.1) is 0 Å². The van der Waals surface area contributed by atoms with Crippen LogP contribution in [0.4, 0.5) is 0 Å². The lowest BCUT2D eigenvalue weighted by molar-refractivity contribution is 1.06. The molecule has 0 aliphatic heterocycles. The Morgan fingerprint density at radius 2 is 1.60 bits per heavy atom. The van der Waals surface area contributed by atoms with Crippen LogP contribution in [0.1, 0.15) is 26.7 Å². The van der Waals surface area contributed by atoms with Gasteiger partial charge in [-0.2, -0.15) is 0 Å². The molecule has 0 radical (unpaired) electrons. The molecule has 0 saturated heterocycles. The average molecular weight is 196 g/mol. The smallest absolute Gasteiger partial charge is 0.00623 e. The van der Waals surface area contributed by atoms with Gasteiger partial charge < -0.3 is 0 Å². The molecular weight excluding hydrogens is 179 g/mol. The van der Waals surface area contributed by atoms with Gasteiger partial charge in [0.2, 0.25) is 0 Å². The Morgan fingerprint density at radius 1 is 1.20 bits per heavy atom. The zero-order valence-electron chi connectivity index (χ0n) is 7.09. The van der Waals surface area contributed by atoms with E-state index in [1.807, 2.05) is 11.4 Å². The zero-order valence-corrected chi connectivity index (χ0v) is 9.62. The van der Waals surface area contributed by atoms with Crippen LogP contribution in [-0.2, 0) is 11.8 Å². The van der Waals surface area contributed by atoms with Crippen molar-refractivity contribution in [3.63, 3.8) is 0 Å². The lowest BCUT2D eigenvalue weighted by Gasteiger charge is -2.17. The van der Waals surface area contributed by atoms with Crippen molar-refractivity contribution < 1.29 is 0 Å². The van der Waals surface area contributed by atoms with Gasteiger partial charge in [0.1, 0.15) is 0 Å². The molecule has 0 aromatic rings. The highest BCUT2D eigenvalue weighted by Crippen LogP contribution is 2.58. The number of hydrogen-bond donors (Lipinski definition) is 0. The summed E-state index contributed by atoms with van der Waals surface area (Å²) in [5.41, 5.74) is 0. The Morgan fingerprint density at radius 3 is 1.80 bits per heavy atom. The van der Waals surface area contributed by atoms with E-state index in [-0.39, 0.29) is 0 Å². The molecule has 0 saturated carbocycles. The topological polar surface area (TPSA) is 0 Å². The van der Waals surface area contributed by atoms with Gasteiger partial charge in [-0.05, 0) is 18.6 Å². The second-order valence-electron chi connectivity index (χ2n) is 2.44. The van der Waals surface area contributed by atoms with E-state index in [1.54, 1.807) is 0 Å². The predicted octanol–water partition coefficient (Wildman–Crippen LogP) is 3.56. The average Bonchev–Trinajstić information content (AvgIpc) is 1.89. The summed E-state index contributed by atoms with van der Waals surface area (Å²) in [6.45, 7) is 4.46. The van der Waals surface area contributed by atoms with E-state index < -0.39 is 5.24 Å². The Bertz CT molecular complexity index is 113. The first kappa shape index (κ1) is 11.0. The van der Waals surface area contributed by atoms with E-state index in [2.05, 4.69) is 20.1 Å². The molecule has 10 heavy (non-hydrogen) atoms. The normalized spacial score (nSPS) is 11.9. The van der Waals surface area contributed by atoms with E-state index in [1.165, 1.54) is 25.2 Å². The van der Waals surface area contributed by atoms with E-state index in [0.29, 0.717) is 0 Å². The molecule has 0 unspecified atom stereocenters. The van der Waals surface area contributed by atoms with Gasteiger partial charge in [-0.1, -0.05) is 38.5 Å². The lowest BCUT2D eigenvalue weighted by atomic mass is 10.6. The molecule has 0 fully saturated rings. The van der Waals surface area contributed by atoms with Crippen molar-refractivity contribution in [2.75, 3.05) is 18.6 Å². The third kappa shape index (κ3) is 4.00. The van der Waals surface area contributed by atoms with Gasteiger partial charge in [-0.15, -0.1) is 11.4 Å². The Kier molecular flexibility index (Phi) is 6.19. The molecule has 62 valence electrons. The number of rotatable bonds is 5. The number of hydrogen-bond acceptors (Lipinski definition) is 2. The molecule has 0 bridgehead atoms. The van der Waals surface area contributed by atoms with Gasteiger partial charge in [0.15, 0.2) is 0 Å². The molecule has 3 heteroatoms. The summed E-state index contributed by atoms with van der Waals surface area (Å²) < 4.78 is 0. The molecule has 0 spiro atoms. The van der Waals surface area contributed by atoms with Gasteiger partial charge in [0, 0.05) is 5.24 Å². The van der Waals surface area contributed by atoms with Crippen LogP contribution in [0.5, 0.6) is 0 Å².